The molecule has 0 amide bonds. The third-order valence-corrected chi connectivity index (χ3v) is 4.82. The van der Waals surface area contributed by atoms with Crippen molar-refractivity contribution in [1.82, 2.24) is 9.78 Å². The summed E-state index contributed by atoms with van der Waals surface area (Å²) in [6, 6.07) is 13.9. The summed E-state index contributed by atoms with van der Waals surface area (Å²) in [5.74, 6) is -1.17. The minimum absolute atomic E-state index is 0.119. The van der Waals surface area contributed by atoms with Gasteiger partial charge >= 0.3 is 5.97 Å². The first-order valence-electron chi connectivity index (χ1n) is 9.31. The van der Waals surface area contributed by atoms with E-state index in [9.17, 15) is 19.7 Å². The predicted molar refractivity (Wildman–Crippen MR) is 110 cm³/mol. The summed E-state index contributed by atoms with van der Waals surface area (Å²) in [6.07, 6.45) is 0. The lowest BCUT2D eigenvalue weighted by molar-refractivity contribution is -0.385. The molecule has 0 atom stereocenters. The summed E-state index contributed by atoms with van der Waals surface area (Å²) >= 11 is 0. The zero-order valence-corrected chi connectivity index (χ0v) is 16.9. The molecule has 0 bridgehead atoms. The number of carbonyl (C=O) groups excluding carboxylic acids is 2. The van der Waals surface area contributed by atoms with Crippen LogP contribution in [-0.4, -0.2) is 33.1 Å². The minimum atomic E-state index is -0.653. The van der Waals surface area contributed by atoms with Gasteiger partial charge in [0.1, 0.15) is 5.56 Å². The number of ether oxygens (including phenoxy) is 1. The molecule has 1 heterocycles. The van der Waals surface area contributed by atoms with Crippen LogP contribution in [0, 0.1) is 30.9 Å². The molecule has 0 fully saturated rings. The van der Waals surface area contributed by atoms with Crippen molar-refractivity contribution in [2.75, 3.05) is 6.61 Å². The number of carbonyl (C=O) groups is 2. The molecule has 3 rings (SSSR count). The van der Waals surface area contributed by atoms with Gasteiger partial charge in [-0.1, -0.05) is 42.5 Å². The Morgan fingerprint density at radius 3 is 2.47 bits per heavy atom. The van der Waals surface area contributed by atoms with Crippen molar-refractivity contribution < 1.29 is 19.2 Å². The first kappa shape index (κ1) is 20.9. The zero-order chi connectivity index (χ0) is 21.8. The number of nitrogens with zero attached hydrogens (tertiary/aromatic N) is 3. The number of aromatic nitrogens is 2. The molecule has 3 aromatic rings. The highest BCUT2D eigenvalue weighted by molar-refractivity contribution is 6.00. The maximum atomic E-state index is 12.6. The van der Waals surface area contributed by atoms with E-state index >= 15 is 0 Å². The van der Waals surface area contributed by atoms with Crippen molar-refractivity contribution in [2.24, 2.45) is 0 Å². The van der Waals surface area contributed by atoms with Crippen LogP contribution in [0.5, 0.6) is 0 Å². The van der Waals surface area contributed by atoms with Crippen LogP contribution < -0.4 is 0 Å². The van der Waals surface area contributed by atoms with Gasteiger partial charge < -0.3 is 4.74 Å². The Hall–Kier alpha value is -3.81. The van der Waals surface area contributed by atoms with Gasteiger partial charge in [-0.05, 0) is 26.3 Å². The highest BCUT2D eigenvalue weighted by Gasteiger charge is 2.22. The van der Waals surface area contributed by atoms with Crippen LogP contribution in [0.4, 0.5) is 5.69 Å². The molecule has 0 saturated carbocycles. The smallest absolute Gasteiger partial charge is 0.342 e. The van der Waals surface area contributed by atoms with E-state index in [-0.39, 0.29) is 11.3 Å². The van der Waals surface area contributed by atoms with Gasteiger partial charge in [0.15, 0.2) is 6.61 Å². The molecule has 0 radical (unpaired) electrons. The average Bonchev–Trinajstić information content (AvgIpc) is 2.99. The Morgan fingerprint density at radius 2 is 1.80 bits per heavy atom. The van der Waals surface area contributed by atoms with Crippen molar-refractivity contribution in [3.05, 3.63) is 92.3 Å². The first-order chi connectivity index (χ1) is 14.3. The number of hydrogen-bond donors (Lipinski definition) is 0. The molecule has 8 heteroatoms. The molecule has 0 N–H and O–H groups in total. The van der Waals surface area contributed by atoms with Crippen molar-refractivity contribution in [3.8, 4) is 0 Å². The Bertz CT molecular complexity index is 1120. The second-order valence-electron chi connectivity index (χ2n) is 6.95. The quantitative estimate of drug-likeness (QED) is 0.255. The number of nitro groups is 1. The van der Waals surface area contributed by atoms with Gasteiger partial charge in [-0.15, -0.1) is 0 Å². The number of ketones is 1. The maximum Gasteiger partial charge on any atom is 0.342 e. The molecule has 1 aromatic heterocycles. The third kappa shape index (κ3) is 4.43. The van der Waals surface area contributed by atoms with Crippen LogP contribution in [0.2, 0.25) is 0 Å². The van der Waals surface area contributed by atoms with Crippen LogP contribution in [0.3, 0.4) is 0 Å². The molecule has 8 nitrogen and oxygen atoms in total. The summed E-state index contributed by atoms with van der Waals surface area (Å²) in [5.41, 5.74) is 2.92. The van der Waals surface area contributed by atoms with Gasteiger partial charge in [0.2, 0.25) is 5.78 Å². The van der Waals surface area contributed by atoms with Gasteiger partial charge in [0.25, 0.3) is 5.69 Å². The van der Waals surface area contributed by atoms with Crippen molar-refractivity contribution >= 4 is 17.4 Å². The molecule has 0 aliphatic heterocycles. The number of esters is 1. The van der Waals surface area contributed by atoms with E-state index in [1.807, 2.05) is 30.3 Å². The number of nitro benzene ring substituents is 1. The fourth-order valence-corrected chi connectivity index (χ4v) is 3.17. The molecule has 154 valence electrons. The highest BCUT2D eigenvalue weighted by atomic mass is 16.6. The largest absolute Gasteiger partial charge is 0.454 e. The molecule has 0 saturated heterocycles. The van der Waals surface area contributed by atoms with E-state index in [2.05, 4.69) is 5.10 Å². The molecule has 0 aliphatic rings. The molecule has 0 unspecified atom stereocenters. The lowest BCUT2D eigenvalue weighted by Gasteiger charge is -2.07. The summed E-state index contributed by atoms with van der Waals surface area (Å²) in [5, 5.41) is 15.5. The monoisotopic (exact) mass is 407 g/mol. The summed E-state index contributed by atoms with van der Waals surface area (Å²) in [4.78, 5) is 35.4. The average molecular weight is 407 g/mol. The van der Waals surface area contributed by atoms with E-state index in [1.165, 1.54) is 18.2 Å². The molecule has 2 aromatic carbocycles. The lowest BCUT2D eigenvalue weighted by Crippen LogP contribution is -2.16. The van der Waals surface area contributed by atoms with Crippen LogP contribution >= 0.6 is 0 Å². The van der Waals surface area contributed by atoms with E-state index < -0.39 is 23.3 Å². The summed E-state index contributed by atoms with van der Waals surface area (Å²) in [6.45, 7) is 5.06. The molecular weight excluding hydrogens is 386 g/mol. The normalized spacial score (nSPS) is 10.6. The second kappa shape index (κ2) is 8.69. The van der Waals surface area contributed by atoms with E-state index in [0.29, 0.717) is 29.1 Å². The topological polar surface area (TPSA) is 104 Å². The van der Waals surface area contributed by atoms with E-state index in [4.69, 9.17) is 4.74 Å². The van der Waals surface area contributed by atoms with Crippen molar-refractivity contribution in [2.45, 2.75) is 27.3 Å². The zero-order valence-electron chi connectivity index (χ0n) is 16.9. The van der Waals surface area contributed by atoms with Crippen LogP contribution in [0.25, 0.3) is 0 Å². The number of benzene rings is 2. The molecule has 0 aliphatic carbocycles. The number of aryl methyl sites for hydroxylation is 2. The number of Topliss-reactive ketones (excluding diaryl/α,β-unsaturated/α-hetero) is 1. The van der Waals surface area contributed by atoms with Gasteiger partial charge in [-0.25, -0.2) is 4.79 Å². The third-order valence-electron chi connectivity index (χ3n) is 4.82. The summed E-state index contributed by atoms with van der Waals surface area (Å²) < 4.78 is 6.90. The summed E-state index contributed by atoms with van der Waals surface area (Å²) in [7, 11) is 0. The Balaban J connectivity index is 1.71. The lowest BCUT2D eigenvalue weighted by atomic mass is 10.1. The highest BCUT2D eigenvalue weighted by Crippen LogP contribution is 2.20. The number of hydrogen-bond acceptors (Lipinski definition) is 6. The fourth-order valence-electron chi connectivity index (χ4n) is 3.17. The van der Waals surface area contributed by atoms with Gasteiger partial charge in [-0.3, -0.25) is 19.6 Å². The number of rotatable bonds is 7. The molecular formula is C22H21N3O5. The first-order valence-corrected chi connectivity index (χ1v) is 9.31. The molecule has 0 spiro atoms. The van der Waals surface area contributed by atoms with E-state index in [0.717, 1.165) is 5.56 Å². The van der Waals surface area contributed by atoms with Crippen LogP contribution in [-0.2, 0) is 11.3 Å². The molecule has 30 heavy (non-hydrogen) atoms. The Kier molecular flexibility index (Phi) is 6.06. The van der Waals surface area contributed by atoms with Crippen LogP contribution in [0.15, 0.2) is 48.5 Å². The predicted octanol–water partition coefficient (Wildman–Crippen LogP) is 3.80. The standard InChI is InChI=1S/C22H21N3O5/c1-14-9-10-18(11-19(14)25(28)29)20(26)13-30-22(27)21-15(2)23-24(16(21)3)12-17-7-5-4-6-8-17/h4-11H,12-13H2,1-3H3. The Labute approximate surface area is 173 Å². The van der Waals surface area contributed by atoms with Crippen molar-refractivity contribution in [1.29, 1.82) is 0 Å². The Morgan fingerprint density at radius 1 is 1.10 bits per heavy atom. The van der Waals surface area contributed by atoms with Crippen molar-refractivity contribution in [3.63, 3.8) is 0 Å². The van der Waals surface area contributed by atoms with Crippen LogP contribution in [0.1, 0.15) is 43.2 Å². The van der Waals surface area contributed by atoms with Gasteiger partial charge in [-0.2, -0.15) is 5.10 Å². The maximum absolute atomic E-state index is 12.6. The van der Waals surface area contributed by atoms with Gasteiger partial charge in [0.05, 0.1) is 22.9 Å². The second-order valence-corrected chi connectivity index (χ2v) is 6.95. The SMILES string of the molecule is Cc1ccc(C(=O)COC(=O)c2c(C)nn(Cc3ccccc3)c2C)cc1[N+](=O)[O-]. The van der Waals surface area contributed by atoms with E-state index in [1.54, 1.807) is 25.5 Å². The van der Waals surface area contributed by atoms with Gasteiger partial charge in [0, 0.05) is 17.2 Å². The fraction of sp³-hybridized carbons (Fsp3) is 0.227. The minimum Gasteiger partial charge on any atom is -0.454 e.